The van der Waals surface area contributed by atoms with Gasteiger partial charge in [-0.15, -0.1) is 0 Å². The Hall–Kier alpha value is -1.57. The normalized spacial score (nSPS) is 22.8. The molecule has 2 aliphatic heterocycles. The summed E-state index contributed by atoms with van der Waals surface area (Å²) in [5, 5.41) is 7.55. The Morgan fingerprint density at radius 2 is 2.12 bits per heavy atom. The maximum Gasteiger partial charge on any atom is 0.270 e. The topological polar surface area (TPSA) is 76.1 Å². The van der Waals surface area contributed by atoms with E-state index in [0.717, 1.165) is 60.9 Å². The number of aromatic nitrogens is 2. The first kappa shape index (κ1) is 16.9. The number of rotatable bonds is 2. The Kier molecular flexibility index (Phi) is 4.71. The second-order valence-corrected chi connectivity index (χ2v) is 7.70. The third kappa shape index (κ3) is 3.28. The zero-order valence-electron chi connectivity index (χ0n) is 13.9. The van der Waals surface area contributed by atoms with E-state index in [4.69, 9.17) is 4.74 Å². The van der Waals surface area contributed by atoms with Gasteiger partial charge in [0.1, 0.15) is 5.69 Å². The van der Waals surface area contributed by atoms with E-state index in [1.54, 1.807) is 18.5 Å². The molecule has 1 atom stereocenters. The molecule has 0 aromatic carbocycles. The van der Waals surface area contributed by atoms with Gasteiger partial charge in [-0.1, -0.05) is 0 Å². The maximum atomic E-state index is 12.8. The summed E-state index contributed by atoms with van der Waals surface area (Å²) in [5.41, 5.74) is 1.33. The number of hydrogen-bond acceptors (Lipinski definition) is 5. The van der Waals surface area contributed by atoms with Crippen molar-refractivity contribution in [2.45, 2.75) is 25.3 Å². The van der Waals surface area contributed by atoms with Crippen LogP contribution < -0.4 is 10.6 Å². The molecule has 0 saturated carbocycles. The van der Waals surface area contributed by atoms with Crippen LogP contribution in [-0.4, -0.2) is 48.2 Å². The number of hydrogen-bond donors (Lipinski definition) is 2. The standard InChI is InChI=1S/C18H21BrN4O2/c19-13-10-21-9-12-1-2-14(22-16(12)13)17(24)23-15-11-20-6-3-18(15)4-7-25-8-5-18/h1-2,9-10,15,20H,3-8,11H2,(H,23,24). The Labute approximate surface area is 154 Å². The molecule has 1 spiro atoms. The van der Waals surface area contributed by atoms with Crippen molar-refractivity contribution in [1.29, 1.82) is 0 Å². The van der Waals surface area contributed by atoms with Gasteiger partial charge in [-0.05, 0) is 59.3 Å². The van der Waals surface area contributed by atoms with Crippen molar-refractivity contribution >= 4 is 32.7 Å². The number of nitrogens with zero attached hydrogens (tertiary/aromatic N) is 2. The fourth-order valence-corrected chi connectivity index (χ4v) is 4.36. The lowest BCUT2D eigenvalue weighted by molar-refractivity contribution is -0.0186. The highest BCUT2D eigenvalue weighted by atomic mass is 79.9. The number of ether oxygens (including phenoxy) is 1. The molecule has 7 heteroatoms. The van der Waals surface area contributed by atoms with Gasteiger partial charge >= 0.3 is 0 Å². The van der Waals surface area contributed by atoms with E-state index in [0.29, 0.717) is 5.69 Å². The minimum atomic E-state index is -0.120. The van der Waals surface area contributed by atoms with Crippen LogP contribution in [0.4, 0.5) is 0 Å². The average Bonchev–Trinajstić information content (AvgIpc) is 2.64. The summed E-state index contributed by atoms with van der Waals surface area (Å²) in [6.45, 7) is 3.36. The molecule has 2 fully saturated rings. The molecule has 0 bridgehead atoms. The van der Waals surface area contributed by atoms with Gasteiger partial charge in [0, 0.05) is 43.6 Å². The van der Waals surface area contributed by atoms with Crippen LogP contribution in [0.25, 0.3) is 10.9 Å². The van der Waals surface area contributed by atoms with Crippen LogP contribution in [0, 0.1) is 5.41 Å². The van der Waals surface area contributed by atoms with Gasteiger partial charge in [0.25, 0.3) is 5.91 Å². The van der Waals surface area contributed by atoms with Crippen LogP contribution >= 0.6 is 15.9 Å². The summed E-state index contributed by atoms with van der Waals surface area (Å²) in [5.74, 6) is -0.120. The van der Waals surface area contributed by atoms with Crippen LogP contribution in [0.1, 0.15) is 29.8 Å². The summed E-state index contributed by atoms with van der Waals surface area (Å²) in [6, 6.07) is 3.76. The van der Waals surface area contributed by atoms with Gasteiger partial charge in [-0.25, -0.2) is 4.98 Å². The number of fused-ring (bicyclic) bond motifs is 1. The van der Waals surface area contributed by atoms with Crippen LogP contribution in [-0.2, 0) is 4.74 Å². The van der Waals surface area contributed by atoms with E-state index in [9.17, 15) is 4.79 Å². The largest absolute Gasteiger partial charge is 0.381 e. The maximum absolute atomic E-state index is 12.8. The highest BCUT2D eigenvalue weighted by molar-refractivity contribution is 9.10. The molecule has 0 radical (unpaired) electrons. The molecular formula is C18H21BrN4O2. The zero-order valence-corrected chi connectivity index (χ0v) is 15.5. The van der Waals surface area contributed by atoms with E-state index in [1.165, 1.54) is 0 Å². The molecule has 2 aromatic heterocycles. The second-order valence-electron chi connectivity index (χ2n) is 6.84. The van der Waals surface area contributed by atoms with Crippen molar-refractivity contribution in [3.05, 3.63) is 34.7 Å². The summed E-state index contributed by atoms with van der Waals surface area (Å²) in [4.78, 5) is 21.5. The first-order valence-electron chi connectivity index (χ1n) is 8.68. The van der Waals surface area contributed by atoms with E-state index < -0.39 is 0 Å². The van der Waals surface area contributed by atoms with Crippen molar-refractivity contribution in [3.63, 3.8) is 0 Å². The smallest absolute Gasteiger partial charge is 0.270 e. The highest BCUT2D eigenvalue weighted by Crippen LogP contribution is 2.39. The lowest BCUT2D eigenvalue weighted by Crippen LogP contribution is -2.59. The van der Waals surface area contributed by atoms with Crippen LogP contribution in [0.5, 0.6) is 0 Å². The number of halogens is 1. The molecule has 25 heavy (non-hydrogen) atoms. The molecule has 1 amide bonds. The lowest BCUT2D eigenvalue weighted by atomic mass is 9.69. The summed E-state index contributed by atoms with van der Waals surface area (Å²) >= 11 is 3.46. The van der Waals surface area contributed by atoms with Gasteiger partial charge in [0.15, 0.2) is 0 Å². The van der Waals surface area contributed by atoms with Crippen molar-refractivity contribution in [3.8, 4) is 0 Å². The van der Waals surface area contributed by atoms with Crippen LogP contribution in [0.2, 0.25) is 0 Å². The molecule has 2 saturated heterocycles. The van der Waals surface area contributed by atoms with Gasteiger partial charge in [-0.2, -0.15) is 0 Å². The number of carbonyl (C=O) groups is 1. The molecule has 6 nitrogen and oxygen atoms in total. The molecule has 0 aliphatic carbocycles. The Balaban J connectivity index is 1.57. The third-order valence-corrected chi connectivity index (χ3v) is 6.05. The first-order chi connectivity index (χ1) is 12.2. The quantitative estimate of drug-likeness (QED) is 0.802. The van der Waals surface area contributed by atoms with Crippen molar-refractivity contribution in [2.24, 2.45) is 5.41 Å². The predicted molar refractivity (Wildman–Crippen MR) is 98.5 cm³/mol. The van der Waals surface area contributed by atoms with Gasteiger partial charge in [0.05, 0.1) is 9.99 Å². The zero-order chi connectivity index (χ0) is 17.3. The van der Waals surface area contributed by atoms with Gasteiger partial charge in [0.2, 0.25) is 0 Å². The third-order valence-electron chi connectivity index (χ3n) is 5.47. The molecular weight excluding hydrogens is 384 g/mol. The molecule has 132 valence electrons. The van der Waals surface area contributed by atoms with E-state index in [-0.39, 0.29) is 17.4 Å². The van der Waals surface area contributed by atoms with Crippen molar-refractivity contribution < 1.29 is 9.53 Å². The van der Waals surface area contributed by atoms with Gasteiger partial charge < -0.3 is 15.4 Å². The Morgan fingerprint density at radius 3 is 2.96 bits per heavy atom. The second kappa shape index (κ2) is 6.97. The van der Waals surface area contributed by atoms with E-state index in [1.807, 2.05) is 6.07 Å². The van der Waals surface area contributed by atoms with Gasteiger partial charge in [-0.3, -0.25) is 9.78 Å². The Bertz CT molecular complexity index is 783. The minimum absolute atomic E-state index is 0.107. The molecule has 2 aliphatic rings. The van der Waals surface area contributed by atoms with E-state index >= 15 is 0 Å². The van der Waals surface area contributed by atoms with Crippen LogP contribution in [0.3, 0.4) is 0 Å². The van der Waals surface area contributed by atoms with Crippen molar-refractivity contribution in [2.75, 3.05) is 26.3 Å². The molecule has 2 aromatic rings. The number of piperidine rings is 1. The summed E-state index contributed by atoms with van der Waals surface area (Å²) in [7, 11) is 0. The number of nitrogens with one attached hydrogen (secondary N) is 2. The van der Waals surface area contributed by atoms with Crippen molar-refractivity contribution in [1.82, 2.24) is 20.6 Å². The summed E-state index contributed by atoms with van der Waals surface area (Å²) < 4.78 is 6.33. The molecule has 4 rings (SSSR count). The number of amides is 1. The van der Waals surface area contributed by atoms with Crippen LogP contribution in [0.15, 0.2) is 29.0 Å². The minimum Gasteiger partial charge on any atom is -0.381 e. The highest BCUT2D eigenvalue weighted by Gasteiger charge is 2.42. The average molecular weight is 405 g/mol. The fraction of sp³-hybridized carbons (Fsp3) is 0.500. The Morgan fingerprint density at radius 1 is 1.28 bits per heavy atom. The SMILES string of the molecule is O=C(NC1CNCCC12CCOCC2)c1ccc2cncc(Br)c2n1. The first-order valence-corrected chi connectivity index (χ1v) is 9.47. The fourth-order valence-electron chi connectivity index (χ4n) is 3.92. The molecule has 2 N–H and O–H groups in total. The monoisotopic (exact) mass is 404 g/mol. The van der Waals surface area contributed by atoms with E-state index in [2.05, 4.69) is 36.5 Å². The lowest BCUT2D eigenvalue weighted by Gasteiger charge is -2.47. The number of pyridine rings is 2. The molecule has 1 unspecified atom stereocenters. The molecule has 4 heterocycles. The summed E-state index contributed by atoms with van der Waals surface area (Å²) in [6.07, 6.45) is 6.52. The number of carbonyl (C=O) groups excluding carboxylic acids is 1. The predicted octanol–water partition coefficient (Wildman–Crippen LogP) is 2.28.